The topological polar surface area (TPSA) is 55.7 Å². The van der Waals surface area contributed by atoms with Crippen molar-refractivity contribution in [3.63, 3.8) is 0 Å². The SMILES string of the molecule is Oc1cccc(CNCCCN2CCCCC2)c1O. The molecule has 3 N–H and O–H groups in total. The van der Waals surface area contributed by atoms with Crippen LogP contribution < -0.4 is 5.32 Å². The van der Waals surface area contributed by atoms with Gasteiger partial charge in [-0.3, -0.25) is 0 Å². The summed E-state index contributed by atoms with van der Waals surface area (Å²) in [6, 6.07) is 5.07. The minimum atomic E-state index is -0.0485. The summed E-state index contributed by atoms with van der Waals surface area (Å²) in [5.74, 6) is -0.0568. The molecule has 1 fully saturated rings. The second-order valence-corrected chi connectivity index (χ2v) is 5.22. The molecule has 1 aromatic carbocycles. The van der Waals surface area contributed by atoms with Crippen LogP contribution in [-0.2, 0) is 6.54 Å². The van der Waals surface area contributed by atoms with Crippen molar-refractivity contribution in [1.82, 2.24) is 10.2 Å². The van der Waals surface area contributed by atoms with Gasteiger partial charge in [-0.1, -0.05) is 18.6 Å². The standard InChI is InChI=1S/C15H24N2O2/c18-14-7-4-6-13(15(14)19)12-16-8-5-11-17-9-2-1-3-10-17/h4,6-7,16,18-19H,1-3,5,8-12H2. The fourth-order valence-corrected chi connectivity index (χ4v) is 2.55. The van der Waals surface area contributed by atoms with E-state index in [0.717, 1.165) is 25.1 Å². The zero-order valence-corrected chi connectivity index (χ0v) is 11.4. The molecule has 1 aliphatic rings. The van der Waals surface area contributed by atoms with E-state index < -0.39 is 0 Å². The van der Waals surface area contributed by atoms with Gasteiger partial charge in [-0.25, -0.2) is 0 Å². The van der Waals surface area contributed by atoms with Gasteiger partial charge < -0.3 is 20.4 Å². The fraction of sp³-hybridized carbons (Fsp3) is 0.600. The molecule has 1 heterocycles. The molecular formula is C15H24N2O2. The smallest absolute Gasteiger partial charge is 0.161 e. The van der Waals surface area contributed by atoms with Crippen LogP contribution >= 0.6 is 0 Å². The van der Waals surface area contributed by atoms with Crippen LogP contribution in [0.2, 0.25) is 0 Å². The average molecular weight is 264 g/mol. The van der Waals surface area contributed by atoms with Gasteiger partial charge in [0.25, 0.3) is 0 Å². The lowest BCUT2D eigenvalue weighted by molar-refractivity contribution is 0.225. The molecule has 106 valence electrons. The number of hydrogen-bond donors (Lipinski definition) is 3. The van der Waals surface area contributed by atoms with Gasteiger partial charge in [-0.15, -0.1) is 0 Å². The van der Waals surface area contributed by atoms with Crippen molar-refractivity contribution in [3.05, 3.63) is 23.8 Å². The maximum atomic E-state index is 9.66. The molecule has 0 atom stereocenters. The van der Waals surface area contributed by atoms with E-state index in [-0.39, 0.29) is 11.5 Å². The highest BCUT2D eigenvalue weighted by atomic mass is 16.3. The van der Waals surface area contributed by atoms with E-state index in [9.17, 15) is 10.2 Å². The first kappa shape index (κ1) is 14.2. The molecule has 1 aromatic rings. The number of hydrogen-bond acceptors (Lipinski definition) is 4. The Morgan fingerprint density at radius 3 is 2.68 bits per heavy atom. The van der Waals surface area contributed by atoms with Crippen molar-refractivity contribution >= 4 is 0 Å². The number of para-hydroxylation sites is 1. The van der Waals surface area contributed by atoms with Crippen LogP contribution in [0.15, 0.2) is 18.2 Å². The molecular weight excluding hydrogens is 240 g/mol. The van der Waals surface area contributed by atoms with Crippen molar-refractivity contribution in [1.29, 1.82) is 0 Å². The molecule has 0 aromatic heterocycles. The zero-order valence-electron chi connectivity index (χ0n) is 11.4. The van der Waals surface area contributed by atoms with Crippen LogP contribution in [0.25, 0.3) is 0 Å². The zero-order chi connectivity index (χ0) is 13.5. The first-order valence-corrected chi connectivity index (χ1v) is 7.20. The highest BCUT2D eigenvalue weighted by Gasteiger charge is 2.09. The molecule has 0 spiro atoms. The summed E-state index contributed by atoms with van der Waals surface area (Å²) in [4.78, 5) is 2.52. The molecule has 1 saturated heterocycles. The third kappa shape index (κ3) is 4.40. The summed E-state index contributed by atoms with van der Waals surface area (Å²) in [5.41, 5.74) is 0.748. The second-order valence-electron chi connectivity index (χ2n) is 5.22. The minimum Gasteiger partial charge on any atom is -0.504 e. The van der Waals surface area contributed by atoms with Gasteiger partial charge in [-0.2, -0.15) is 0 Å². The predicted octanol–water partition coefficient (Wildman–Crippen LogP) is 2.06. The quantitative estimate of drug-likeness (QED) is 0.544. The molecule has 0 bridgehead atoms. The summed E-state index contributed by atoms with van der Waals surface area (Å²) in [5, 5.41) is 22.4. The van der Waals surface area contributed by atoms with Gasteiger partial charge in [0.05, 0.1) is 0 Å². The first-order chi connectivity index (χ1) is 9.27. The summed E-state index contributed by atoms with van der Waals surface area (Å²) >= 11 is 0. The monoisotopic (exact) mass is 264 g/mol. The van der Waals surface area contributed by atoms with Crippen LogP contribution in [-0.4, -0.2) is 41.3 Å². The maximum absolute atomic E-state index is 9.66. The summed E-state index contributed by atoms with van der Waals surface area (Å²) < 4.78 is 0. The Hall–Kier alpha value is -1.26. The molecule has 0 aliphatic carbocycles. The number of phenols is 2. The van der Waals surface area contributed by atoms with Crippen LogP contribution in [0.3, 0.4) is 0 Å². The van der Waals surface area contributed by atoms with Crippen LogP contribution in [0.5, 0.6) is 11.5 Å². The molecule has 2 rings (SSSR count). The largest absolute Gasteiger partial charge is 0.504 e. The number of rotatable bonds is 6. The third-order valence-corrected chi connectivity index (χ3v) is 3.69. The van der Waals surface area contributed by atoms with Gasteiger partial charge in [0.15, 0.2) is 11.5 Å². The van der Waals surface area contributed by atoms with Gasteiger partial charge in [-0.05, 0) is 51.5 Å². The van der Waals surface area contributed by atoms with Gasteiger partial charge >= 0.3 is 0 Å². The minimum absolute atomic E-state index is 0.00831. The van der Waals surface area contributed by atoms with E-state index in [1.807, 2.05) is 6.07 Å². The lowest BCUT2D eigenvalue weighted by Crippen LogP contribution is -2.32. The summed E-state index contributed by atoms with van der Waals surface area (Å²) in [6.07, 6.45) is 5.18. The molecule has 0 amide bonds. The van der Waals surface area contributed by atoms with E-state index in [4.69, 9.17) is 0 Å². The molecule has 1 aliphatic heterocycles. The fourth-order valence-electron chi connectivity index (χ4n) is 2.55. The van der Waals surface area contributed by atoms with E-state index >= 15 is 0 Å². The van der Waals surface area contributed by atoms with Crippen molar-refractivity contribution in [3.8, 4) is 11.5 Å². The molecule has 0 saturated carbocycles. The van der Waals surface area contributed by atoms with Crippen LogP contribution in [0, 0.1) is 0 Å². The van der Waals surface area contributed by atoms with E-state index in [1.54, 1.807) is 6.07 Å². The average Bonchev–Trinajstić information content (AvgIpc) is 2.44. The summed E-state index contributed by atoms with van der Waals surface area (Å²) in [6.45, 7) is 5.17. The van der Waals surface area contributed by atoms with Crippen molar-refractivity contribution in [2.24, 2.45) is 0 Å². The normalized spacial score (nSPS) is 16.6. The third-order valence-electron chi connectivity index (χ3n) is 3.69. The van der Waals surface area contributed by atoms with Crippen LogP contribution in [0.4, 0.5) is 0 Å². The number of nitrogens with one attached hydrogen (secondary N) is 1. The molecule has 19 heavy (non-hydrogen) atoms. The highest BCUT2D eigenvalue weighted by molar-refractivity contribution is 5.44. The lowest BCUT2D eigenvalue weighted by Gasteiger charge is -2.26. The Balaban J connectivity index is 1.62. The highest BCUT2D eigenvalue weighted by Crippen LogP contribution is 2.27. The number of nitrogens with zero attached hydrogens (tertiary/aromatic N) is 1. The van der Waals surface area contributed by atoms with Gasteiger partial charge in [0.1, 0.15) is 0 Å². The van der Waals surface area contributed by atoms with Gasteiger partial charge in [0.2, 0.25) is 0 Å². The number of aromatic hydroxyl groups is 2. The molecule has 0 unspecified atom stereocenters. The first-order valence-electron chi connectivity index (χ1n) is 7.20. The Morgan fingerprint density at radius 1 is 1.11 bits per heavy atom. The predicted molar refractivity (Wildman–Crippen MR) is 76.4 cm³/mol. The summed E-state index contributed by atoms with van der Waals surface area (Å²) in [7, 11) is 0. The molecule has 4 nitrogen and oxygen atoms in total. The van der Waals surface area contributed by atoms with Crippen LogP contribution in [0.1, 0.15) is 31.2 Å². The van der Waals surface area contributed by atoms with Gasteiger partial charge in [0, 0.05) is 12.1 Å². The second kappa shape index (κ2) is 7.36. The van der Waals surface area contributed by atoms with Crippen molar-refractivity contribution in [2.45, 2.75) is 32.2 Å². The molecule has 0 radical (unpaired) electrons. The number of phenolic OH excluding ortho intramolecular Hbond substituents is 2. The Labute approximate surface area is 115 Å². The number of likely N-dealkylation sites (tertiary alicyclic amines) is 1. The number of piperidine rings is 1. The Morgan fingerprint density at radius 2 is 1.89 bits per heavy atom. The van der Waals surface area contributed by atoms with E-state index in [0.29, 0.717) is 6.54 Å². The van der Waals surface area contributed by atoms with E-state index in [2.05, 4.69) is 10.2 Å². The number of benzene rings is 1. The molecule has 4 heteroatoms. The van der Waals surface area contributed by atoms with Crippen molar-refractivity contribution in [2.75, 3.05) is 26.2 Å². The lowest BCUT2D eigenvalue weighted by atomic mass is 10.1. The Bertz CT molecular complexity index is 390. The van der Waals surface area contributed by atoms with E-state index in [1.165, 1.54) is 38.4 Å². The maximum Gasteiger partial charge on any atom is 0.161 e. The Kier molecular flexibility index (Phi) is 5.48. The van der Waals surface area contributed by atoms with Crippen molar-refractivity contribution < 1.29 is 10.2 Å².